The lowest BCUT2D eigenvalue weighted by molar-refractivity contribution is -0.123. The molecular formula is C12H24N2OS. The van der Waals surface area contributed by atoms with E-state index in [4.69, 9.17) is 18.0 Å². The van der Waals surface area contributed by atoms with Crippen LogP contribution in [0, 0.1) is 17.8 Å². The molecule has 0 aromatic carbocycles. The van der Waals surface area contributed by atoms with Gasteiger partial charge in [0.25, 0.3) is 0 Å². The zero-order valence-electron chi connectivity index (χ0n) is 10.7. The molecule has 0 aliphatic rings. The minimum Gasteiger partial charge on any atom is -0.393 e. The van der Waals surface area contributed by atoms with Crippen molar-refractivity contribution in [1.29, 1.82) is 0 Å². The fourth-order valence-corrected chi connectivity index (χ4v) is 1.54. The van der Waals surface area contributed by atoms with Crippen molar-refractivity contribution in [3.05, 3.63) is 0 Å². The Morgan fingerprint density at radius 1 is 1.38 bits per heavy atom. The standard InChI is InChI=1S/C12H24N2OS/c1-5-6-10(11(13)16)12(15)14-7-9(4)8(2)3/h8-10H,5-7H2,1-4H3,(H2,13,16)(H,14,15). The van der Waals surface area contributed by atoms with Gasteiger partial charge in [-0.05, 0) is 18.3 Å². The summed E-state index contributed by atoms with van der Waals surface area (Å²) in [4.78, 5) is 12.1. The minimum atomic E-state index is -0.306. The quantitative estimate of drug-likeness (QED) is 0.674. The average Bonchev–Trinajstić information content (AvgIpc) is 2.21. The van der Waals surface area contributed by atoms with Gasteiger partial charge in [0, 0.05) is 6.54 Å². The number of thiocarbonyl (C=S) groups is 1. The molecule has 3 nitrogen and oxygen atoms in total. The fourth-order valence-electron chi connectivity index (χ4n) is 1.31. The lowest BCUT2D eigenvalue weighted by atomic mass is 9.97. The lowest BCUT2D eigenvalue weighted by Gasteiger charge is -2.19. The van der Waals surface area contributed by atoms with Gasteiger partial charge in [-0.3, -0.25) is 4.79 Å². The lowest BCUT2D eigenvalue weighted by Crippen LogP contribution is -2.40. The van der Waals surface area contributed by atoms with E-state index in [-0.39, 0.29) is 11.8 Å². The van der Waals surface area contributed by atoms with Crippen LogP contribution in [0.5, 0.6) is 0 Å². The third-order valence-corrected chi connectivity index (χ3v) is 3.26. The van der Waals surface area contributed by atoms with Crippen LogP contribution in [0.2, 0.25) is 0 Å². The average molecular weight is 244 g/mol. The molecule has 0 aromatic heterocycles. The number of nitrogens with two attached hydrogens (primary N) is 1. The Hall–Kier alpha value is -0.640. The van der Waals surface area contributed by atoms with E-state index in [9.17, 15) is 4.79 Å². The molecule has 0 heterocycles. The Morgan fingerprint density at radius 3 is 2.31 bits per heavy atom. The van der Waals surface area contributed by atoms with E-state index in [2.05, 4.69) is 26.1 Å². The van der Waals surface area contributed by atoms with Crippen molar-refractivity contribution < 1.29 is 4.79 Å². The van der Waals surface area contributed by atoms with Crippen LogP contribution in [0.1, 0.15) is 40.5 Å². The summed E-state index contributed by atoms with van der Waals surface area (Å²) < 4.78 is 0. The number of nitrogens with one attached hydrogen (secondary N) is 1. The number of amides is 1. The van der Waals surface area contributed by atoms with Gasteiger partial charge >= 0.3 is 0 Å². The molecule has 0 fully saturated rings. The Bertz CT molecular complexity index is 241. The van der Waals surface area contributed by atoms with Crippen LogP contribution in [-0.2, 0) is 4.79 Å². The number of carbonyl (C=O) groups is 1. The summed E-state index contributed by atoms with van der Waals surface area (Å²) in [5.41, 5.74) is 5.56. The van der Waals surface area contributed by atoms with Gasteiger partial charge in [0.2, 0.25) is 5.91 Å². The molecule has 2 atom stereocenters. The van der Waals surface area contributed by atoms with Gasteiger partial charge in [-0.15, -0.1) is 0 Å². The molecule has 0 aliphatic carbocycles. The summed E-state index contributed by atoms with van der Waals surface area (Å²) in [5, 5.41) is 2.92. The summed E-state index contributed by atoms with van der Waals surface area (Å²) in [7, 11) is 0. The molecule has 2 unspecified atom stereocenters. The first-order valence-corrected chi connectivity index (χ1v) is 6.38. The summed E-state index contributed by atoms with van der Waals surface area (Å²) in [6.45, 7) is 9.14. The first-order chi connectivity index (χ1) is 7.40. The van der Waals surface area contributed by atoms with Gasteiger partial charge in [0.1, 0.15) is 0 Å². The van der Waals surface area contributed by atoms with Crippen molar-refractivity contribution in [2.45, 2.75) is 40.5 Å². The van der Waals surface area contributed by atoms with Crippen LogP contribution in [0.3, 0.4) is 0 Å². The third-order valence-electron chi connectivity index (χ3n) is 2.97. The van der Waals surface area contributed by atoms with E-state index in [1.807, 2.05) is 6.92 Å². The van der Waals surface area contributed by atoms with Crippen molar-refractivity contribution in [3.8, 4) is 0 Å². The molecule has 0 aromatic rings. The maximum atomic E-state index is 11.8. The minimum absolute atomic E-state index is 0.0261. The molecule has 1 amide bonds. The number of hydrogen-bond donors (Lipinski definition) is 2. The molecule has 0 bridgehead atoms. The Morgan fingerprint density at radius 2 is 1.94 bits per heavy atom. The van der Waals surface area contributed by atoms with Gasteiger partial charge in [0.05, 0.1) is 10.9 Å². The molecule has 4 heteroatoms. The van der Waals surface area contributed by atoms with Crippen LogP contribution in [0.15, 0.2) is 0 Å². The number of rotatable bonds is 7. The Balaban J connectivity index is 4.16. The maximum Gasteiger partial charge on any atom is 0.229 e. The predicted molar refractivity (Wildman–Crippen MR) is 72.2 cm³/mol. The van der Waals surface area contributed by atoms with Gasteiger partial charge in [-0.25, -0.2) is 0 Å². The smallest absolute Gasteiger partial charge is 0.229 e. The van der Waals surface area contributed by atoms with Gasteiger partial charge in [0.15, 0.2) is 0 Å². The maximum absolute atomic E-state index is 11.8. The summed E-state index contributed by atoms with van der Waals surface area (Å²) in [6, 6.07) is 0. The SMILES string of the molecule is CCCC(C(=O)NCC(C)C(C)C)C(N)=S. The third kappa shape index (κ3) is 5.45. The highest BCUT2D eigenvalue weighted by molar-refractivity contribution is 7.80. The molecule has 16 heavy (non-hydrogen) atoms. The molecule has 0 saturated heterocycles. The van der Waals surface area contributed by atoms with Crippen molar-refractivity contribution in [3.63, 3.8) is 0 Å². The summed E-state index contributed by atoms with van der Waals surface area (Å²) in [6.07, 6.45) is 1.65. The van der Waals surface area contributed by atoms with Crippen LogP contribution in [-0.4, -0.2) is 17.4 Å². The second-order valence-corrected chi connectivity index (χ2v) is 5.18. The van der Waals surface area contributed by atoms with E-state index in [1.165, 1.54) is 0 Å². The molecule has 0 saturated carbocycles. The van der Waals surface area contributed by atoms with Crippen LogP contribution in [0.4, 0.5) is 0 Å². The predicted octanol–water partition coefficient (Wildman–Crippen LogP) is 2.10. The second-order valence-electron chi connectivity index (χ2n) is 4.71. The van der Waals surface area contributed by atoms with E-state index in [0.29, 0.717) is 23.4 Å². The van der Waals surface area contributed by atoms with E-state index < -0.39 is 0 Å². The largest absolute Gasteiger partial charge is 0.393 e. The Kier molecular flexibility index (Phi) is 7.30. The monoisotopic (exact) mass is 244 g/mol. The normalized spacial score (nSPS) is 14.6. The van der Waals surface area contributed by atoms with E-state index >= 15 is 0 Å². The molecular weight excluding hydrogens is 220 g/mol. The zero-order chi connectivity index (χ0) is 12.7. The van der Waals surface area contributed by atoms with Gasteiger partial charge in [-0.2, -0.15) is 0 Å². The fraction of sp³-hybridized carbons (Fsp3) is 0.833. The molecule has 94 valence electrons. The van der Waals surface area contributed by atoms with Crippen molar-refractivity contribution >= 4 is 23.1 Å². The molecule has 0 aliphatic heterocycles. The van der Waals surface area contributed by atoms with Gasteiger partial charge < -0.3 is 11.1 Å². The first-order valence-electron chi connectivity index (χ1n) is 5.97. The van der Waals surface area contributed by atoms with E-state index in [1.54, 1.807) is 0 Å². The van der Waals surface area contributed by atoms with Crippen molar-refractivity contribution in [1.82, 2.24) is 5.32 Å². The second kappa shape index (κ2) is 7.60. The molecule has 3 N–H and O–H groups in total. The van der Waals surface area contributed by atoms with Crippen molar-refractivity contribution in [2.24, 2.45) is 23.5 Å². The van der Waals surface area contributed by atoms with Crippen LogP contribution < -0.4 is 11.1 Å². The highest BCUT2D eigenvalue weighted by Crippen LogP contribution is 2.10. The number of hydrogen-bond acceptors (Lipinski definition) is 2. The molecule has 0 spiro atoms. The van der Waals surface area contributed by atoms with Gasteiger partial charge in [-0.1, -0.05) is 46.3 Å². The Labute approximate surface area is 104 Å². The highest BCUT2D eigenvalue weighted by Gasteiger charge is 2.20. The first kappa shape index (κ1) is 15.4. The molecule has 0 rings (SSSR count). The van der Waals surface area contributed by atoms with Crippen LogP contribution in [0.25, 0.3) is 0 Å². The summed E-state index contributed by atoms with van der Waals surface area (Å²) >= 11 is 4.91. The summed E-state index contributed by atoms with van der Waals surface area (Å²) in [5.74, 6) is 0.702. The topological polar surface area (TPSA) is 55.1 Å². The van der Waals surface area contributed by atoms with Crippen molar-refractivity contribution in [2.75, 3.05) is 6.54 Å². The zero-order valence-corrected chi connectivity index (χ0v) is 11.6. The van der Waals surface area contributed by atoms with Crippen LogP contribution >= 0.6 is 12.2 Å². The molecule has 0 radical (unpaired) electrons. The van der Waals surface area contributed by atoms with E-state index in [0.717, 1.165) is 12.8 Å². The number of carbonyl (C=O) groups excluding carboxylic acids is 1. The highest BCUT2D eigenvalue weighted by atomic mass is 32.1.